The number of piperidine rings is 1. The van der Waals surface area contributed by atoms with Crippen LogP contribution in [0.15, 0.2) is 4.99 Å². The highest BCUT2D eigenvalue weighted by Gasteiger charge is 2.30. The van der Waals surface area contributed by atoms with E-state index in [4.69, 9.17) is 4.99 Å². The summed E-state index contributed by atoms with van der Waals surface area (Å²) in [5, 5.41) is 3.43. The molecule has 6 nitrogen and oxygen atoms in total. The summed E-state index contributed by atoms with van der Waals surface area (Å²) in [5.41, 5.74) is 0.0799. The number of amides is 1. The Balaban J connectivity index is 0.00000338. The van der Waals surface area contributed by atoms with Gasteiger partial charge in [0.15, 0.2) is 5.96 Å². The molecule has 0 aromatic rings. The largest absolute Gasteiger partial charge is 0.357 e. The third-order valence-electron chi connectivity index (χ3n) is 5.49. The number of hydrogen-bond acceptors (Lipinski definition) is 3. The van der Waals surface area contributed by atoms with Crippen LogP contribution in [0.2, 0.25) is 0 Å². The molecule has 7 heteroatoms. The van der Waals surface area contributed by atoms with Crippen molar-refractivity contribution in [3.8, 4) is 0 Å². The second-order valence-electron chi connectivity index (χ2n) is 8.17. The summed E-state index contributed by atoms with van der Waals surface area (Å²) in [6.45, 7) is 18.0. The second kappa shape index (κ2) is 10.7. The maximum absolute atomic E-state index is 11.5. The lowest BCUT2D eigenvalue weighted by Gasteiger charge is -2.42. The van der Waals surface area contributed by atoms with Crippen LogP contribution in [0.25, 0.3) is 0 Å². The van der Waals surface area contributed by atoms with Crippen molar-refractivity contribution in [2.24, 2.45) is 10.9 Å². The maximum atomic E-state index is 11.5. The Kier molecular flexibility index (Phi) is 9.64. The minimum Gasteiger partial charge on any atom is -0.357 e. The molecule has 1 N–H and O–H groups in total. The van der Waals surface area contributed by atoms with Gasteiger partial charge in [0, 0.05) is 51.7 Å². The number of piperazine rings is 1. The first-order valence-corrected chi connectivity index (χ1v) is 9.87. The van der Waals surface area contributed by atoms with Crippen LogP contribution in [-0.4, -0.2) is 84.5 Å². The summed E-state index contributed by atoms with van der Waals surface area (Å²) in [7, 11) is 0. The first kappa shape index (κ1) is 23.5. The van der Waals surface area contributed by atoms with Crippen LogP contribution < -0.4 is 5.32 Å². The lowest BCUT2D eigenvalue weighted by atomic mass is 9.94. The van der Waals surface area contributed by atoms with Gasteiger partial charge >= 0.3 is 0 Å². The molecule has 1 atom stereocenters. The monoisotopic (exact) mass is 479 g/mol. The van der Waals surface area contributed by atoms with E-state index in [-0.39, 0.29) is 35.4 Å². The second-order valence-corrected chi connectivity index (χ2v) is 8.17. The Morgan fingerprint density at radius 1 is 1.15 bits per heavy atom. The minimum atomic E-state index is 0. The molecule has 1 amide bonds. The molecule has 0 bridgehead atoms. The van der Waals surface area contributed by atoms with Crippen molar-refractivity contribution in [2.45, 2.75) is 53.0 Å². The van der Waals surface area contributed by atoms with Crippen LogP contribution in [0.1, 0.15) is 47.5 Å². The number of guanidine groups is 1. The first-order valence-electron chi connectivity index (χ1n) is 9.87. The van der Waals surface area contributed by atoms with Crippen LogP contribution in [0.4, 0.5) is 0 Å². The predicted octanol–water partition coefficient (Wildman–Crippen LogP) is 2.24. The number of likely N-dealkylation sites (tertiary alicyclic amines) is 1. The molecule has 0 spiro atoms. The highest BCUT2D eigenvalue weighted by Crippen LogP contribution is 2.24. The molecule has 2 heterocycles. The van der Waals surface area contributed by atoms with Crippen molar-refractivity contribution < 1.29 is 4.79 Å². The normalized spacial score (nSPS) is 22.8. The average Bonchev–Trinajstić information content (AvgIpc) is 2.58. The number of nitrogens with one attached hydrogen (secondary N) is 1. The number of nitrogens with zero attached hydrogens (tertiary/aromatic N) is 4. The van der Waals surface area contributed by atoms with Gasteiger partial charge in [-0.2, -0.15) is 0 Å². The standard InChI is InChI=1S/C19H37N5O.HI/c1-6-20-18(23-12-10-22(11-13-23)17(3)25)21-15-19(4,5)24-9-7-8-16(2)14-24;/h16H,6-15H2,1-5H3,(H,20,21);1H. The molecule has 0 aromatic carbocycles. The van der Waals surface area contributed by atoms with Crippen molar-refractivity contribution in [3.05, 3.63) is 0 Å². The first-order chi connectivity index (χ1) is 11.8. The number of aliphatic imine (C=N–C) groups is 1. The Labute approximate surface area is 176 Å². The Hall–Kier alpha value is -0.570. The van der Waals surface area contributed by atoms with Crippen LogP contribution in [0, 0.1) is 5.92 Å². The minimum absolute atomic E-state index is 0. The van der Waals surface area contributed by atoms with Crippen molar-refractivity contribution in [1.82, 2.24) is 20.0 Å². The Bertz CT molecular complexity index is 475. The van der Waals surface area contributed by atoms with Gasteiger partial charge in [0.1, 0.15) is 0 Å². The lowest BCUT2D eigenvalue weighted by Crippen LogP contribution is -2.54. The van der Waals surface area contributed by atoms with Crippen LogP contribution in [0.5, 0.6) is 0 Å². The highest BCUT2D eigenvalue weighted by atomic mass is 127. The number of hydrogen-bond donors (Lipinski definition) is 1. The average molecular weight is 479 g/mol. The van der Waals surface area contributed by atoms with Crippen molar-refractivity contribution in [2.75, 3.05) is 52.4 Å². The molecule has 0 radical (unpaired) electrons. The fourth-order valence-electron chi connectivity index (χ4n) is 3.77. The van der Waals surface area contributed by atoms with Crippen LogP contribution >= 0.6 is 24.0 Å². The quantitative estimate of drug-likeness (QED) is 0.382. The molecule has 2 rings (SSSR count). The van der Waals surface area contributed by atoms with Gasteiger partial charge in [0.2, 0.25) is 5.91 Å². The molecule has 2 fully saturated rings. The molecular formula is C19H38IN5O. The summed E-state index contributed by atoms with van der Waals surface area (Å²) in [6, 6.07) is 0. The molecule has 0 aliphatic carbocycles. The third-order valence-corrected chi connectivity index (χ3v) is 5.49. The third kappa shape index (κ3) is 6.55. The molecule has 2 aliphatic heterocycles. The molecule has 2 saturated heterocycles. The summed E-state index contributed by atoms with van der Waals surface area (Å²) in [4.78, 5) is 23.3. The number of carbonyl (C=O) groups excluding carboxylic acids is 1. The zero-order chi connectivity index (χ0) is 18.4. The Morgan fingerprint density at radius 3 is 2.31 bits per heavy atom. The van der Waals surface area contributed by atoms with E-state index in [1.807, 2.05) is 4.90 Å². The molecule has 152 valence electrons. The summed E-state index contributed by atoms with van der Waals surface area (Å²) in [5.74, 6) is 1.94. The summed E-state index contributed by atoms with van der Waals surface area (Å²) >= 11 is 0. The number of carbonyl (C=O) groups is 1. The Morgan fingerprint density at radius 2 is 1.77 bits per heavy atom. The van der Waals surface area contributed by atoms with Crippen molar-refractivity contribution >= 4 is 35.8 Å². The molecule has 0 saturated carbocycles. The van der Waals surface area contributed by atoms with Crippen LogP contribution in [-0.2, 0) is 4.79 Å². The molecule has 26 heavy (non-hydrogen) atoms. The van der Waals surface area contributed by atoms with Crippen molar-refractivity contribution in [3.63, 3.8) is 0 Å². The molecular weight excluding hydrogens is 441 g/mol. The fourth-order valence-corrected chi connectivity index (χ4v) is 3.77. The zero-order valence-corrected chi connectivity index (χ0v) is 19.6. The fraction of sp³-hybridized carbons (Fsp3) is 0.895. The summed E-state index contributed by atoms with van der Waals surface area (Å²) < 4.78 is 0. The number of halogens is 1. The van der Waals surface area contributed by atoms with E-state index in [9.17, 15) is 4.79 Å². The van der Waals surface area contributed by atoms with Gasteiger partial charge < -0.3 is 15.1 Å². The van der Waals surface area contributed by atoms with Gasteiger partial charge in [-0.1, -0.05) is 6.92 Å². The van der Waals surface area contributed by atoms with Gasteiger partial charge in [-0.05, 0) is 46.1 Å². The van der Waals surface area contributed by atoms with Gasteiger partial charge in [0.05, 0.1) is 6.54 Å². The van der Waals surface area contributed by atoms with Crippen molar-refractivity contribution in [1.29, 1.82) is 0 Å². The molecule has 1 unspecified atom stereocenters. The predicted molar refractivity (Wildman–Crippen MR) is 119 cm³/mol. The smallest absolute Gasteiger partial charge is 0.219 e. The topological polar surface area (TPSA) is 51.2 Å². The van der Waals surface area contributed by atoms with E-state index in [2.05, 4.69) is 42.8 Å². The van der Waals surface area contributed by atoms with Crippen LogP contribution in [0.3, 0.4) is 0 Å². The highest BCUT2D eigenvalue weighted by molar-refractivity contribution is 14.0. The molecule has 2 aliphatic rings. The van der Waals surface area contributed by atoms with Gasteiger partial charge in [0.25, 0.3) is 0 Å². The molecule has 0 aromatic heterocycles. The van der Waals surface area contributed by atoms with E-state index in [1.165, 1.54) is 25.9 Å². The number of rotatable bonds is 4. The van der Waals surface area contributed by atoms with Gasteiger partial charge in [-0.15, -0.1) is 24.0 Å². The van der Waals surface area contributed by atoms with Gasteiger partial charge in [-0.25, -0.2) is 0 Å². The summed E-state index contributed by atoms with van der Waals surface area (Å²) in [6.07, 6.45) is 2.64. The van der Waals surface area contributed by atoms with E-state index >= 15 is 0 Å². The SMILES string of the molecule is CCNC(=NCC(C)(C)N1CCCC(C)C1)N1CCN(C(C)=O)CC1.I. The van der Waals surface area contributed by atoms with E-state index in [0.717, 1.165) is 51.1 Å². The van der Waals surface area contributed by atoms with E-state index in [0.29, 0.717) is 0 Å². The lowest BCUT2D eigenvalue weighted by molar-refractivity contribution is -0.130. The maximum Gasteiger partial charge on any atom is 0.219 e. The van der Waals surface area contributed by atoms with E-state index < -0.39 is 0 Å². The van der Waals surface area contributed by atoms with Gasteiger partial charge in [-0.3, -0.25) is 14.7 Å². The van der Waals surface area contributed by atoms with E-state index in [1.54, 1.807) is 6.92 Å². The zero-order valence-electron chi connectivity index (χ0n) is 17.3.